The normalized spacial score (nSPS) is 36.7. The van der Waals surface area contributed by atoms with Crippen LogP contribution in [0.1, 0.15) is 19.8 Å². The lowest BCUT2D eigenvalue weighted by Gasteiger charge is -2.24. The van der Waals surface area contributed by atoms with E-state index >= 15 is 0 Å². The van der Waals surface area contributed by atoms with Crippen molar-refractivity contribution in [1.82, 2.24) is 4.90 Å². The highest BCUT2D eigenvalue weighted by Gasteiger charge is 2.59. The number of aliphatic carboxylic acids is 1. The molecule has 1 saturated heterocycles. The minimum atomic E-state index is -0.747. The van der Waals surface area contributed by atoms with Crippen molar-refractivity contribution in [3.05, 3.63) is 0 Å². The van der Waals surface area contributed by atoms with E-state index in [4.69, 9.17) is 5.11 Å². The summed E-state index contributed by atoms with van der Waals surface area (Å²) < 4.78 is 0. The first kappa shape index (κ1) is 8.53. The second-order valence-corrected chi connectivity index (χ2v) is 3.87. The maximum atomic E-state index is 11.1. The summed E-state index contributed by atoms with van der Waals surface area (Å²) in [5, 5.41) is 8.85. The fraction of sp³-hybridized carbons (Fsp3) is 0.778. The third-order valence-electron chi connectivity index (χ3n) is 3.11. The van der Waals surface area contributed by atoms with Crippen molar-refractivity contribution in [2.24, 2.45) is 11.8 Å². The van der Waals surface area contributed by atoms with Crippen LogP contribution in [0.25, 0.3) is 0 Å². The zero-order chi connectivity index (χ0) is 9.59. The van der Waals surface area contributed by atoms with E-state index < -0.39 is 5.97 Å². The van der Waals surface area contributed by atoms with E-state index in [-0.39, 0.29) is 23.8 Å². The molecule has 1 heterocycles. The number of amides is 1. The van der Waals surface area contributed by atoms with Crippen molar-refractivity contribution >= 4 is 11.9 Å². The molecule has 72 valence electrons. The molecule has 1 saturated carbocycles. The van der Waals surface area contributed by atoms with Crippen molar-refractivity contribution in [3.8, 4) is 0 Å². The van der Waals surface area contributed by atoms with Crippen LogP contribution in [0.4, 0.5) is 0 Å². The summed E-state index contributed by atoms with van der Waals surface area (Å²) >= 11 is 0. The van der Waals surface area contributed by atoms with E-state index in [2.05, 4.69) is 0 Å². The molecular formula is C9H13NO3. The Hall–Kier alpha value is -1.06. The van der Waals surface area contributed by atoms with Gasteiger partial charge in [0.2, 0.25) is 5.91 Å². The Bertz CT molecular complexity index is 264. The lowest BCUT2D eigenvalue weighted by molar-refractivity contribution is -0.139. The van der Waals surface area contributed by atoms with Crippen molar-refractivity contribution in [1.29, 1.82) is 0 Å². The molecule has 2 fully saturated rings. The van der Waals surface area contributed by atoms with Crippen LogP contribution in [0.15, 0.2) is 0 Å². The second-order valence-electron chi connectivity index (χ2n) is 3.87. The van der Waals surface area contributed by atoms with E-state index in [1.165, 1.54) is 6.92 Å². The number of fused-ring (bicyclic) bond motifs is 1. The van der Waals surface area contributed by atoms with Gasteiger partial charge in [-0.2, -0.15) is 0 Å². The number of hydrogen-bond acceptors (Lipinski definition) is 2. The molecule has 0 unspecified atom stereocenters. The smallest absolute Gasteiger partial charge is 0.308 e. The molecule has 0 bridgehead atoms. The maximum Gasteiger partial charge on any atom is 0.308 e. The van der Waals surface area contributed by atoms with Crippen molar-refractivity contribution in [3.63, 3.8) is 0 Å². The molecule has 0 aromatic rings. The molecule has 0 spiro atoms. The SMILES string of the molecule is CC(=O)N1CCC[C@@H]2[C@@H](C(=O)O)[C@@H]21. The summed E-state index contributed by atoms with van der Waals surface area (Å²) in [7, 11) is 0. The van der Waals surface area contributed by atoms with Gasteiger partial charge in [0.1, 0.15) is 0 Å². The molecule has 0 radical (unpaired) electrons. The molecule has 2 rings (SSSR count). The minimum Gasteiger partial charge on any atom is -0.481 e. The van der Waals surface area contributed by atoms with Crippen molar-refractivity contribution in [2.45, 2.75) is 25.8 Å². The molecule has 1 amide bonds. The zero-order valence-electron chi connectivity index (χ0n) is 7.56. The summed E-state index contributed by atoms with van der Waals surface area (Å²) in [6.07, 6.45) is 1.91. The van der Waals surface area contributed by atoms with Gasteiger partial charge in [-0.25, -0.2) is 0 Å². The third kappa shape index (κ3) is 1.20. The number of carboxylic acid groups (broad SMARTS) is 1. The molecule has 0 aromatic heterocycles. The van der Waals surface area contributed by atoms with Crippen LogP contribution in [0.5, 0.6) is 0 Å². The molecular weight excluding hydrogens is 170 g/mol. The number of piperidine rings is 1. The first-order chi connectivity index (χ1) is 6.13. The number of nitrogens with zero attached hydrogens (tertiary/aromatic N) is 1. The maximum absolute atomic E-state index is 11.1. The Morgan fingerprint density at radius 1 is 1.46 bits per heavy atom. The minimum absolute atomic E-state index is 0.00347. The van der Waals surface area contributed by atoms with E-state index in [0.717, 1.165) is 19.4 Å². The summed E-state index contributed by atoms with van der Waals surface area (Å²) in [5.41, 5.74) is 0. The van der Waals surface area contributed by atoms with Gasteiger partial charge in [-0.15, -0.1) is 0 Å². The molecule has 2 aliphatic rings. The van der Waals surface area contributed by atoms with Crippen LogP contribution >= 0.6 is 0 Å². The quantitative estimate of drug-likeness (QED) is 0.637. The molecule has 1 aliphatic carbocycles. The molecule has 1 N–H and O–H groups in total. The van der Waals surface area contributed by atoms with E-state index in [0.29, 0.717) is 0 Å². The molecule has 4 nitrogen and oxygen atoms in total. The van der Waals surface area contributed by atoms with Gasteiger partial charge < -0.3 is 10.0 Å². The van der Waals surface area contributed by atoms with Gasteiger partial charge >= 0.3 is 5.97 Å². The highest BCUT2D eigenvalue weighted by atomic mass is 16.4. The highest BCUT2D eigenvalue weighted by molar-refractivity contribution is 5.80. The predicted octanol–water partition coefficient (Wildman–Crippen LogP) is 0.328. The Kier molecular flexibility index (Phi) is 1.78. The summed E-state index contributed by atoms with van der Waals surface area (Å²) in [6, 6.07) is 0.00347. The summed E-state index contributed by atoms with van der Waals surface area (Å²) in [6.45, 7) is 2.25. The topological polar surface area (TPSA) is 57.6 Å². The molecule has 1 aliphatic heterocycles. The van der Waals surface area contributed by atoms with Gasteiger partial charge in [-0.05, 0) is 18.8 Å². The number of carbonyl (C=O) groups is 2. The third-order valence-corrected chi connectivity index (χ3v) is 3.11. The van der Waals surface area contributed by atoms with Crippen LogP contribution in [0.3, 0.4) is 0 Å². The van der Waals surface area contributed by atoms with Crippen LogP contribution in [-0.2, 0) is 9.59 Å². The fourth-order valence-corrected chi connectivity index (χ4v) is 2.47. The van der Waals surface area contributed by atoms with Crippen LogP contribution in [0, 0.1) is 11.8 Å². The van der Waals surface area contributed by atoms with Gasteiger partial charge in [0, 0.05) is 19.5 Å². The number of carboxylic acids is 1. The molecule has 0 aromatic carbocycles. The fourth-order valence-electron chi connectivity index (χ4n) is 2.47. The number of carbonyl (C=O) groups excluding carboxylic acids is 1. The van der Waals surface area contributed by atoms with Crippen LogP contribution in [-0.4, -0.2) is 34.5 Å². The Labute approximate surface area is 76.5 Å². The molecule has 4 heteroatoms. The van der Waals surface area contributed by atoms with Crippen molar-refractivity contribution in [2.75, 3.05) is 6.54 Å². The van der Waals surface area contributed by atoms with E-state index in [1.54, 1.807) is 4.90 Å². The Morgan fingerprint density at radius 3 is 2.69 bits per heavy atom. The lowest BCUT2D eigenvalue weighted by Crippen LogP contribution is -2.36. The van der Waals surface area contributed by atoms with E-state index in [1.807, 2.05) is 0 Å². The monoisotopic (exact) mass is 183 g/mol. The average Bonchev–Trinajstić information content (AvgIpc) is 2.76. The number of likely N-dealkylation sites (tertiary alicyclic amines) is 1. The molecule has 13 heavy (non-hydrogen) atoms. The van der Waals surface area contributed by atoms with Gasteiger partial charge in [-0.3, -0.25) is 9.59 Å². The molecule has 3 atom stereocenters. The van der Waals surface area contributed by atoms with Gasteiger partial charge in [0.15, 0.2) is 0 Å². The Morgan fingerprint density at radius 2 is 2.15 bits per heavy atom. The second kappa shape index (κ2) is 2.72. The number of rotatable bonds is 1. The first-order valence-corrected chi connectivity index (χ1v) is 4.63. The van der Waals surface area contributed by atoms with Crippen molar-refractivity contribution < 1.29 is 14.7 Å². The largest absolute Gasteiger partial charge is 0.481 e. The van der Waals surface area contributed by atoms with Crippen LogP contribution in [0.2, 0.25) is 0 Å². The summed E-state index contributed by atoms with van der Waals surface area (Å²) in [5.74, 6) is -0.789. The predicted molar refractivity (Wildman–Crippen MR) is 45.0 cm³/mol. The zero-order valence-corrected chi connectivity index (χ0v) is 7.56. The number of hydrogen-bond donors (Lipinski definition) is 1. The standard InChI is InChI=1S/C9H13NO3/c1-5(11)10-4-2-3-6-7(8(6)10)9(12)13/h6-8H,2-4H2,1H3,(H,12,13)/t6-,7-,8-/m1/s1. The lowest BCUT2D eigenvalue weighted by atomic mass is 10.1. The van der Waals surface area contributed by atoms with E-state index in [9.17, 15) is 9.59 Å². The first-order valence-electron chi connectivity index (χ1n) is 4.63. The van der Waals surface area contributed by atoms with Gasteiger partial charge in [0.05, 0.1) is 5.92 Å². The highest BCUT2D eigenvalue weighted by Crippen LogP contribution is 2.49. The van der Waals surface area contributed by atoms with Gasteiger partial charge in [-0.1, -0.05) is 0 Å². The van der Waals surface area contributed by atoms with Gasteiger partial charge in [0.25, 0.3) is 0 Å². The average molecular weight is 183 g/mol. The van der Waals surface area contributed by atoms with Crippen LogP contribution < -0.4 is 0 Å². The summed E-state index contributed by atoms with van der Waals surface area (Å²) in [4.78, 5) is 23.6. The Balaban J connectivity index is 2.10.